The van der Waals surface area contributed by atoms with Crippen LogP contribution in [0.3, 0.4) is 0 Å². The zero-order chi connectivity index (χ0) is 8.97. The zero-order valence-electron chi connectivity index (χ0n) is 7.71. The first kappa shape index (κ1) is 9.04. The Balaban J connectivity index is 2.53. The van der Waals surface area contributed by atoms with Crippen LogP contribution in [0.25, 0.3) is 0 Å². The highest BCUT2D eigenvalue weighted by molar-refractivity contribution is 5.95. The van der Waals surface area contributed by atoms with Crippen molar-refractivity contribution in [3.8, 4) is 0 Å². The topological polar surface area (TPSA) is 22.0 Å². The SMILES string of the molecule is CCCCC(=O)c1ccn(C)c1. The maximum absolute atomic E-state index is 11.4. The van der Waals surface area contributed by atoms with Gasteiger partial charge in [0.15, 0.2) is 5.78 Å². The highest BCUT2D eigenvalue weighted by atomic mass is 16.1. The molecule has 0 N–H and O–H groups in total. The lowest BCUT2D eigenvalue weighted by atomic mass is 10.1. The highest BCUT2D eigenvalue weighted by Crippen LogP contribution is 2.06. The molecular weight excluding hydrogens is 150 g/mol. The van der Waals surface area contributed by atoms with E-state index in [1.807, 2.05) is 30.1 Å². The Morgan fingerprint density at radius 2 is 2.33 bits per heavy atom. The average molecular weight is 165 g/mol. The predicted molar refractivity (Wildman–Crippen MR) is 49.3 cm³/mol. The summed E-state index contributed by atoms with van der Waals surface area (Å²) >= 11 is 0. The molecule has 0 saturated heterocycles. The van der Waals surface area contributed by atoms with Crippen LogP contribution < -0.4 is 0 Å². The Morgan fingerprint density at radius 1 is 1.58 bits per heavy atom. The molecule has 1 heterocycles. The molecule has 2 nitrogen and oxygen atoms in total. The molecule has 0 fully saturated rings. The third kappa shape index (κ3) is 2.22. The van der Waals surface area contributed by atoms with Crippen LogP contribution in [0.2, 0.25) is 0 Å². The van der Waals surface area contributed by atoms with Gasteiger partial charge < -0.3 is 4.57 Å². The fraction of sp³-hybridized carbons (Fsp3) is 0.500. The largest absolute Gasteiger partial charge is 0.357 e. The summed E-state index contributed by atoms with van der Waals surface area (Å²) in [7, 11) is 1.93. The summed E-state index contributed by atoms with van der Waals surface area (Å²) in [5.41, 5.74) is 0.839. The van der Waals surface area contributed by atoms with Crippen molar-refractivity contribution < 1.29 is 4.79 Å². The summed E-state index contributed by atoms with van der Waals surface area (Å²) in [6, 6.07) is 1.87. The van der Waals surface area contributed by atoms with E-state index in [-0.39, 0.29) is 5.78 Å². The third-order valence-corrected chi connectivity index (χ3v) is 1.91. The number of Topliss-reactive ketones (excluding diaryl/α,β-unsaturated/α-hetero) is 1. The van der Waals surface area contributed by atoms with E-state index in [0.717, 1.165) is 18.4 Å². The maximum Gasteiger partial charge on any atom is 0.164 e. The lowest BCUT2D eigenvalue weighted by Crippen LogP contribution is -1.96. The minimum absolute atomic E-state index is 0.262. The minimum atomic E-state index is 0.262. The first-order chi connectivity index (χ1) is 5.74. The van der Waals surface area contributed by atoms with Crippen molar-refractivity contribution in [1.29, 1.82) is 0 Å². The van der Waals surface area contributed by atoms with Crippen LogP contribution in [0.1, 0.15) is 36.5 Å². The number of carbonyl (C=O) groups is 1. The maximum atomic E-state index is 11.4. The van der Waals surface area contributed by atoms with Gasteiger partial charge in [-0.1, -0.05) is 13.3 Å². The van der Waals surface area contributed by atoms with Gasteiger partial charge in [-0.15, -0.1) is 0 Å². The molecule has 0 radical (unpaired) electrons. The lowest BCUT2D eigenvalue weighted by Gasteiger charge is -1.94. The number of nitrogens with zero attached hydrogens (tertiary/aromatic N) is 1. The van der Waals surface area contributed by atoms with Crippen molar-refractivity contribution in [3.05, 3.63) is 24.0 Å². The van der Waals surface area contributed by atoms with Gasteiger partial charge in [0, 0.05) is 31.4 Å². The second-order valence-corrected chi connectivity index (χ2v) is 3.09. The third-order valence-electron chi connectivity index (χ3n) is 1.91. The Labute approximate surface area is 73.2 Å². The van der Waals surface area contributed by atoms with Gasteiger partial charge in [-0.05, 0) is 12.5 Å². The number of carbonyl (C=O) groups excluding carboxylic acids is 1. The number of rotatable bonds is 4. The zero-order valence-corrected chi connectivity index (χ0v) is 7.71. The van der Waals surface area contributed by atoms with Gasteiger partial charge in [-0.2, -0.15) is 0 Å². The van der Waals surface area contributed by atoms with Gasteiger partial charge in [0.25, 0.3) is 0 Å². The lowest BCUT2D eigenvalue weighted by molar-refractivity contribution is 0.0980. The second kappa shape index (κ2) is 4.10. The molecule has 0 aromatic carbocycles. The molecule has 0 spiro atoms. The molecule has 0 aliphatic heterocycles. The van der Waals surface area contributed by atoms with Crippen molar-refractivity contribution in [2.24, 2.45) is 7.05 Å². The molecular formula is C10H15NO. The van der Waals surface area contributed by atoms with E-state index in [9.17, 15) is 4.79 Å². The van der Waals surface area contributed by atoms with Gasteiger partial charge in [-0.3, -0.25) is 4.79 Å². The summed E-state index contributed by atoms with van der Waals surface area (Å²) in [6.45, 7) is 2.10. The molecule has 2 heteroatoms. The van der Waals surface area contributed by atoms with Crippen molar-refractivity contribution >= 4 is 5.78 Å². The molecule has 0 aliphatic carbocycles. The van der Waals surface area contributed by atoms with Crippen molar-refractivity contribution in [2.45, 2.75) is 26.2 Å². The molecule has 0 amide bonds. The Bertz CT molecular complexity index is 263. The quantitative estimate of drug-likeness (QED) is 0.628. The molecule has 1 rings (SSSR count). The number of unbranched alkanes of at least 4 members (excludes halogenated alkanes) is 1. The van der Waals surface area contributed by atoms with E-state index in [0.29, 0.717) is 6.42 Å². The smallest absolute Gasteiger partial charge is 0.164 e. The van der Waals surface area contributed by atoms with Gasteiger partial charge in [0.2, 0.25) is 0 Å². The van der Waals surface area contributed by atoms with Crippen molar-refractivity contribution in [2.75, 3.05) is 0 Å². The number of ketones is 1. The predicted octanol–water partition coefficient (Wildman–Crippen LogP) is 2.40. The van der Waals surface area contributed by atoms with E-state index in [4.69, 9.17) is 0 Å². The van der Waals surface area contributed by atoms with E-state index < -0.39 is 0 Å². The van der Waals surface area contributed by atoms with E-state index in [1.165, 1.54) is 0 Å². The van der Waals surface area contributed by atoms with E-state index >= 15 is 0 Å². The highest BCUT2D eigenvalue weighted by Gasteiger charge is 2.04. The average Bonchev–Trinajstić information content (AvgIpc) is 2.47. The number of aromatic nitrogens is 1. The number of hydrogen-bond donors (Lipinski definition) is 0. The fourth-order valence-corrected chi connectivity index (χ4v) is 1.15. The fourth-order valence-electron chi connectivity index (χ4n) is 1.15. The summed E-state index contributed by atoms with van der Waals surface area (Å²) in [5.74, 6) is 0.262. The summed E-state index contributed by atoms with van der Waals surface area (Å²) in [5, 5.41) is 0. The Morgan fingerprint density at radius 3 is 2.83 bits per heavy atom. The first-order valence-corrected chi connectivity index (χ1v) is 4.39. The number of aryl methyl sites for hydroxylation is 1. The van der Waals surface area contributed by atoms with Gasteiger partial charge in [0.05, 0.1) is 0 Å². The molecule has 0 unspecified atom stereocenters. The molecule has 0 bridgehead atoms. The molecule has 0 atom stereocenters. The monoisotopic (exact) mass is 165 g/mol. The Kier molecular flexibility index (Phi) is 3.09. The minimum Gasteiger partial charge on any atom is -0.357 e. The van der Waals surface area contributed by atoms with Crippen molar-refractivity contribution in [1.82, 2.24) is 4.57 Å². The van der Waals surface area contributed by atoms with Crippen LogP contribution in [0.15, 0.2) is 18.5 Å². The molecule has 1 aromatic heterocycles. The normalized spacial score (nSPS) is 10.2. The second-order valence-electron chi connectivity index (χ2n) is 3.09. The number of hydrogen-bond acceptors (Lipinski definition) is 1. The Hall–Kier alpha value is -1.05. The van der Waals surface area contributed by atoms with E-state index in [2.05, 4.69) is 6.92 Å². The van der Waals surface area contributed by atoms with Crippen molar-refractivity contribution in [3.63, 3.8) is 0 Å². The molecule has 0 saturated carbocycles. The molecule has 66 valence electrons. The van der Waals surface area contributed by atoms with Crippen LogP contribution in [0.4, 0.5) is 0 Å². The first-order valence-electron chi connectivity index (χ1n) is 4.39. The van der Waals surface area contributed by atoms with Gasteiger partial charge in [0.1, 0.15) is 0 Å². The molecule has 12 heavy (non-hydrogen) atoms. The molecule has 1 aromatic rings. The van der Waals surface area contributed by atoms with E-state index in [1.54, 1.807) is 0 Å². The molecule has 0 aliphatic rings. The standard InChI is InChI=1S/C10H15NO/c1-3-4-5-10(12)9-6-7-11(2)8-9/h6-8H,3-5H2,1-2H3. The van der Waals surface area contributed by atoms with Crippen LogP contribution in [0.5, 0.6) is 0 Å². The summed E-state index contributed by atoms with van der Waals surface area (Å²) < 4.78 is 1.90. The van der Waals surface area contributed by atoms with Crippen LogP contribution in [0, 0.1) is 0 Å². The summed E-state index contributed by atoms with van der Waals surface area (Å²) in [4.78, 5) is 11.4. The van der Waals surface area contributed by atoms with Gasteiger partial charge in [-0.25, -0.2) is 0 Å². The van der Waals surface area contributed by atoms with Crippen LogP contribution in [-0.2, 0) is 7.05 Å². The van der Waals surface area contributed by atoms with Crippen LogP contribution in [-0.4, -0.2) is 10.4 Å². The van der Waals surface area contributed by atoms with Crippen LogP contribution >= 0.6 is 0 Å². The summed E-state index contributed by atoms with van der Waals surface area (Å²) in [6.07, 6.45) is 6.53. The van der Waals surface area contributed by atoms with Gasteiger partial charge >= 0.3 is 0 Å².